The predicted octanol–water partition coefficient (Wildman–Crippen LogP) is 0.937. The fourth-order valence-corrected chi connectivity index (χ4v) is 3.07. The van der Waals surface area contributed by atoms with Crippen molar-refractivity contribution >= 4 is 5.96 Å². The maximum absolute atomic E-state index is 5.67. The fourth-order valence-electron chi connectivity index (χ4n) is 3.07. The first kappa shape index (κ1) is 16.3. The number of nitrogens with one attached hydrogen (secondary N) is 1. The van der Waals surface area contributed by atoms with E-state index in [0.29, 0.717) is 6.10 Å². The summed E-state index contributed by atoms with van der Waals surface area (Å²) in [6.07, 6.45) is 4.23. The van der Waals surface area contributed by atoms with E-state index in [1.165, 1.54) is 0 Å². The molecular weight excluding hydrogens is 294 g/mol. The van der Waals surface area contributed by atoms with Gasteiger partial charge in [-0.2, -0.15) is 0 Å². The molecular formula is C16H27N5O2. The summed E-state index contributed by atoms with van der Waals surface area (Å²) in [6.45, 7) is 9.50. The van der Waals surface area contributed by atoms with Gasteiger partial charge in [-0.05, 0) is 19.8 Å². The molecule has 0 amide bonds. The molecule has 2 aliphatic heterocycles. The van der Waals surface area contributed by atoms with Gasteiger partial charge in [-0.15, -0.1) is 0 Å². The van der Waals surface area contributed by atoms with Crippen LogP contribution in [0.5, 0.6) is 0 Å². The molecule has 1 unspecified atom stereocenters. The van der Waals surface area contributed by atoms with Gasteiger partial charge in [-0.3, -0.25) is 9.89 Å². The third-order valence-corrected chi connectivity index (χ3v) is 4.35. The minimum atomic E-state index is 0.303. The largest absolute Gasteiger partial charge is 0.376 e. The third kappa shape index (κ3) is 4.68. The van der Waals surface area contributed by atoms with Gasteiger partial charge in [0.25, 0.3) is 0 Å². The fraction of sp³-hybridized carbons (Fsp3) is 0.750. The van der Waals surface area contributed by atoms with Crippen LogP contribution in [0.3, 0.4) is 0 Å². The van der Waals surface area contributed by atoms with Crippen LogP contribution in [0.2, 0.25) is 0 Å². The Morgan fingerprint density at radius 3 is 2.91 bits per heavy atom. The van der Waals surface area contributed by atoms with Crippen LogP contribution in [0.15, 0.2) is 21.8 Å². The summed E-state index contributed by atoms with van der Waals surface area (Å²) >= 11 is 0. The van der Waals surface area contributed by atoms with Crippen LogP contribution < -0.4 is 5.32 Å². The lowest BCUT2D eigenvalue weighted by Gasteiger charge is -2.36. The van der Waals surface area contributed by atoms with Crippen molar-refractivity contribution in [3.63, 3.8) is 0 Å². The topological polar surface area (TPSA) is 66.1 Å². The van der Waals surface area contributed by atoms with Crippen molar-refractivity contribution in [2.45, 2.75) is 32.4 Å². The number of nitrogens with zero attached hydrogens (tertiary/aromatic N) is 4. The molecule has 0 radical (unpaired) electrons. The number of rotatable bonds is 5. The van der Waals surface area contributed by atoms with Crippen LogP contribution in [0.4, 0.5) is 0 Å². The Morgan fingerprint density at radius 1 is 1.39 bits per heavy atom. The molecule has 1 aromatic heterocycles. The van der Waals surface area contributed by atoms with E-state index in [-0.39, 0.29) is 0 Å². The van der Waals surface area contributed by atoms with Crippen molar-refractivity contribution in [2.75, 3.05) is 45.9 Å². The SMILES string of the molecule is CCNC(=NCC1CCCO1)N1CCN(Cc2ccon2)CC1. The second-order valence-corrected chi connectivity index (χ2v) is 6.08. The molecule has 3 heterocycles. The molecule has 0 aromatic carbocycles. The Bertz CT molecular complexity index is 477. The molecule has 7 heteroatoms. The van der Waals surface area contributed by atoms with Crippen LogP contribution in [0.1, 0.15) is 25.5 Å². The van der Waals surface area contributed by atoms with Crippen LogP contribution in [-0.4, -0.2) is 72.9 Å². The Labute approximate surface area is 137 Å². The lowest BCUT2D eigenvalue weighted by atomic mass is 10.2. The first-order valence-corrected chi connectivity index (χ1v) is 8.61. The molecule has 2 fully saturated rings. The van der Waals surface area contributed by atoms with E-state index < -0.39 is 0 Å². The standard InChI is InChI=1S/C16H27N5O2/c1-2-17-16(18-12-15-4-3-10-22-15)21-8-6-20(7-9-21)13-14-5-11-23-19-14/h5,11,15H,2-4,6-10,12-13H2,1H3,(H,17,18). The smallest absolute Gasteiger partial charge is 0.194 e. The molecule has 0 bridgehead atoms. The lowest BCUT2D eigenvalue weighted by Crippen LogP contribution is -2.52. The molecule has 0 aliphatic carbocycles. The highest BCUT2D eigenvalue weighted by Crippen LogP contribution is 2.12. The first-order chi connectivity index (χ1) is 11.3. The summed E-state index contributed by atoms with van der Waals surface area (Å²) in [5.74, 6) is 1.02. The Kier molecular flexibility index (Phi) is 5.87. The Morgan fingerprint density at radius 2 is 2.26 bits per heavy atom. The normalized spacial score (nSPS) is 23.4. The number of guanidine groups is 1. The zero-order valence-electron chi connectivity index (χ0n) is 13.9. The second kappa shape index (κ2) is 8.31. The van der Waals surface area contributed by atoms with Crippen molar-refractivity contribution < 1.29 is 9.26 Å². The van der Waals surface area contributed by atoms with Gasteiger partial charge in [0, 0.05) is 51.9 Å². The average molecular weight is 321 g/mol. The van der Waals surface area contributed by atoms with E-state index in [4.69, 9.17) is 14.3 Å². The lowest BCUT2D eigenvalue weighted by molar-refractivity contribution is 0.117. The van der Waals surface area contributed by atoms with Gasteiger partial charge in [0.15, 0.2) is 5.96 Å². The molecule has 7 nitrogen and oxygen atoms in total. The highest BCUT2D eigenvalue weighted by Gasteiger charge is 2.21. The quantitative estimate of drug-likeness (QED) is 0.643. The summed E-state index contributed by atoms with van der Waals surface area (Å²) < 4.78 is 10.6. The summed E-state index contributed by atoms with van der Waals surface area (Å²) in [7, 11) is 0. The minimum Gasteiger partial charge on any atom is -0.376 e. The van der Waals surface area contributed by atoms with Crippen molar-refractivity contribution in [2.24, 2.45) is 4.99 Å². The Hall–Kier alpha value is -1.60. The van der Waals surface area contributed by atoms with Crippen LogP contribution >= 0.6 is 0 Å². The molecule has 2 aliphatic rings. The highest BCUT2D eigenvalue weighted by atomic mass is 16.5. The van der Waals surface area contributed by atoms with Gasteiger partial charge in [0.2, 0.25) is 0 Å². The van der Waals surface area contributed by atoms with E-state index in [2.05, 4.69) is 27.2 Å². The Balaban J connectivity index is 1.49. The summed E-state index contributed by atoms with van der Waals surface area (Å²) in [5.41, 5.74) is 0.998. The number of aromatic nitrogens is 1. The van der Waals surface area contributed by atoms with Gasteiger partial charge >= 0.3 is 0 Å². The molecule has 1 N–H and O–H groups in total. The average Bonchev–Trinajstić information content (AvgIpc) is 3.26. The van der Waals surface area contributed by atoms with E-state index >= 15 is 0 Å². The molecule has 2 saturated heterocycles. The molecule has 0 spiro atoms. The monoisotopic (exact) mass is 321 g/mol. The van der Waals surface area contributed by atoms with Gasteiger partial charge < -0.3 is 19.5 Å². The first-order valence-electron chi connectivity index (χ1n) is 8.61. The summed E-state index contributed by atoms with van der Waals surface area (Å²) in [6, 6.07) is 1.93. The zero-order chi connectivity index (χ0) is 15.9. The maximum atomic E-state index is 5.67. The third-order valence-electron chi connectivity index (χ3n) is 4.35. The number of aliphatic imine (C=N–C) groups is 1. The second-order valence-electron chi connectivity index (χ2n) is 6.08. The van der Waals surface area contributed by atoms with E-state index in [1.807, 2.05) is 6.07 Å². The molecule has 1 aromatic rings. The van der Waals surface area contributed by atoms with Crippen LogP contribution in [-0.2, 0) is 11.3 Å². The number of hydrogen-bond acceptors (Lipinski definition) is 5. The molecule has 1 atom stereocenters. The van der Waals surface area contributed by atoms with Gasteiger partial charge in [0.05, 0.1) is 18.3 Å². The van der Waals surface area contributed by atoms with Crippen molar-refractivity contribution in [1.82, 2.24) is 20.3 Å². The van der Waals surface area contributed by atoms with E-state index in [0.717, 1.165) is 76.9 Å². The minimum absolute atomic E-state index is 0.303. The van der Waals surface area contributed by atoms with Gasteiger partial charge in [-0.1, -0.05) is 5.16 Å². The number of hydrogen-bond donors (Lipinski definition) is 1. The number of piperazine rings is 1. The van der Waals surface area contributed by atoms with Crippen molar-refractivity contribution in [1.29, 1.82) is 0 Å². The highest BCUT2D eigenvalue weighted by molar-refractivity contribution is 5.80. The maximum Gasteiger partial charge on any atom is 0.194 e. The molecule has 23 heavy (non-hydrogen) atoms. The molecule has 0 saturated carbocycles. The van der Waals surface area contributed by atoms with Crippen molar-refractivity contribution in [3.8, 4) is 0 Å². The predicted molar refractivity (Wildman–Crippen MR) is 88.3 cm³/mol. The van der Waals surface area contributed by atoms with E-state index in [9.17, 15) is 0 Å². The number of ether oxygens (including phenoxy) is 1. The zero-order valence-corrected chi connectivity index (χ0v) is 13.9. The van der Waals surface area contributed by atoms with Crippen LogP contribution in [0.25, 0.3) is 0 Å². The van der Waals surface area contributed by atoms with E-state index in [1.54, 1.807) is 6.26 Å². The van der Waals surface area contributed by atoms with Crippen molar-refractivity contribution in [3.05, 3.63) is 18.0 Å². The van der Waals surface area contributed by atoms with Gasteiger partial charge in [-0.25, -0.2) is 0 Å². The van der Waals surface area contributed by atoms with Gasteiger partial charge in [0.1, 0.15) is 6.26 Å². The molecule has 128 valence electrons. The van der Waals surface area contributed by atoms with Crippen LogP contribution in [0, 0.1) is 0 Å². The molecule has 3 rings (SSSR count). The summed E-state index contributed by atoms with van der Waals surface area (Å²) in [4.78, 5) is 9.53. The summed E-state index contributed by atoms with van der Waals surface area (Å²) in [5, 5.41) is 7.40.